The molecule has 8 aromatic rings. The first-order chi connectivity index (χ1) is 28.8. The van der Waals surface area contributed by atoms with Gasteiger partial charge in [-0.15, -0.1) is 102 Å². The van der Waals surface area contributed by atoms with Gasteiger partial charge in [0.15, 0.2) is 0 Å². The zero-order valence-electron chi connectivity index (χ0n) is 37.4. The predicted molar refractivity (Wildman–Crippen MR) is 287 cm³/mol. The summed E-state index contributed by atoms with van der Waals surface area (Å²) in [6.45, 7) is 30.3. The molecule has 0 radical (unpaired) electrons. The Morgan fingerprint density at radius 2 is 0.869 bits per heavy atom. The number of thiophene rings is 8. The summed E-state index contributed by atoms with van der Waals surface area (Å²) in [6.07, 6.45) is 0. The molecular formula is C52H54S8Si. The SMILES string of the molecule is CC#Cc1ccc(-c2ccc(-c3cc(C(C)(C)C)sc3-c3sc(-c4cc5sc(C(C)(C)C)cc5s4)cc3-c3ccc(-c4ccc(C#C[Si](C(C)C)(C(C)C)C(C)C)s4)s3)s2)s1. The molecule has 0 aliphatic carbocycles. The topological polar surface area (TPSA) is 0 Å². The highest BCUT2D eigenvalue weighted by Gasteiger charge is 2.41. The molecule has 0 fully saturated rings. The second-order valence-corrected chi connectivity index (χ2v) is 33.0. The fourth-order valence-electron chi connectivity index (χ4n) is 8.33. The van der Waals surface area contributed by atoms with Gasteiger partial charge in [0.2, 0.25) is 0 Å². The molecule has 0 bridgehead atoms. The highest BCUT2D eigenvalue weighted by molar-refractivity contribution is 7.33. The molecule has 8 rings (SSSR count). The van der Waals surface area contributed by atoms with Crippen LogP contribution in [0.15, 0.2) is 72.8 Å². The Morgan fingerprint density at radius 1 is 0.426 bits per heavy atom. The Balaban J connectivity index is 1.24. The van der Waals surface area contributed by atoms with Crippen LogP contribution in [-0.2, 0) is 10.8 Å². The molecule has 0 amide bonds. The van der Waals surface area contributed by atoms with Crippen LogP contribution in [0.2, 0.25) is 16.6 Å². The van der Waals surface area contributed by atoms with E-state index in [-0.39, 0.29) is 10.8 Å². The van der Waals surface area contributed by atoms with Crippen LogP contribution in [-0.4, -0.2) is 8.07 Å². The number of rotatable bonds is 9. The van der Waals surface area contributed by atoms with Crippen LogP contribution >= 0.6 is 90.7 Å². The third-order valence-corrected chi connectivity index (χ3v) is 28.3. The maximum absolute atomic E-state index is 3.96. The fourth-order valence-corrected chi connectivity index (χ4v) is 22.9. The summed E-state index contributed by atoms with van der Waals surface area (Å²) in [7, 11) is -1.81. The van der Waals surface area contributed by atoms with E-state index in [1.54, 1.807) is 11.3 Å². The van der Waals surface area contributed by atoms with Crippen molar-refractivity contribution in [1.82, 2.24) is 0 Å². The lowest BCUT2D eigenvalue weighted by Crippen LogP contribution is -2.43. The average Bonchev–Trinajstić information content (AvgIpc) is 4.01. The molecule has 0 spiro atoms. The summed E-state index contributed by atoms with van der Waals surface area (Å²) in [5.41, 5.74) is 8.68. The Labute approximate surface area is 397 Å². The van der Waals surface area contributed by atoms with E-state index >= 15 is 0 Å². The maximum atomic E-state index is 3.96. The van der Waals surface area contributed by atoms with Crippen molar-refractivity contribution in [3.05, 3.63) is 92.3 Å². The second kappa shape index (κ2) is 17.3. The van der Waals surface area contributed by atoms with Gasteiger partial charge in [0.05, 0.1) is 19.5 Å². The Hall–Kier alpha value is -2.80. The monoisotopic (exact) mass is 962 g/mol. The minimum Gasteiger partial charge on any atom is -0.139 e. The molecular weight excluding hydrogens is 909 g/mol. The van der Waals surface area contributed by atoms with Crippen LogP contribution in [0.5, 0.6) is 0 Å². The highest BCUT2D eigenvalue weighted by Crippen LogP contribution is 2.55. The standard InChI is InChI=1S/C52H54S8Si/c1-14-15-33-16-18-39(53-33)41-23-21-38(56-41)36-27-47(51(8,9)10)60-50(36)49-35(26-43(59-49)44-28-45-46(57-44)29-48(58-45)52(11,12)13)37-20-22-42(55-37)40-19-17-34(54-40)24-25-61(30(2)3,31(4)5)32(6)7/h16-23,26-32H,1-13H3. The predicted octanol–water partition coefficient (Wildman–Crippen LogP) is 19.9. The minimum atomic E-state index is -1.81. The Bertz CT molecular complexity index is 2910. The molecule has 0 aliphatic rings. The van der Waals surface area contributed by atoms with Gasteiger partial charge in [-0.25, -0.2) is 0 Å². The fraction of sp³-hybridized carbons (Fsp3) is 0.346. The van der Waals surface area contributed by atoms with Crippen LogP contribution in [0.1, 0.15) is 110 Å². The number of hydrogen-bond acceptors (Lipinski definition) is 8. The molecule has 0 saturated carbocycles. The first kappa shape index (κ1) is 44.8. The summed E-state index contributed by atoms with van der Waals surface area (Å²) in [4.78, 5) is 18.4. The van der Waals surface area contributed by atoms with Gasteiger partial charge in [0.1, 0.15) is 8.07 Å². The van der Waals surface area contributed by atoms with Gasteiger partial charge in [-0.3, -0.25) is 0 Å². The summed E-state index contributed by atoms with van der Waals surface area (Å²) in [6, 6.07) is 28.1. The first-order valence-corrected chi connectivity index (χ1v) is 29.8. The normalized spacial score (nSPS) is 12.5. The van der Waals surface area contributed by atoms with Crippen molar-refractivity contribution in [3.8, 4) is 83.2 Å². The molecule has 0 atom stereocenters. The van der Waals surface area contributed by atoms with Gasteiger partial charge in [0, 0.05) is 69.3 Å². The van der Waals surface area contributed by atoms with E-state index in [1.165, 1.54) is 83.9 Å². The van der Waals surface area contributed by atoms with Crippen molar-refractivity contribution in [2.45, 2.75) is 117 Å². The van der Waals surface area contributed by atoms with E-state index in [1.807, 2.05) is 86.3 Å². The van der Waals surface area contributed by atoms with E-state index < -0.39 is 8.07 Å². The second-order valence-electron chi connectivity index (χ2n) is 18.8. The minimum absolute atomic E-state index is 0.0277. The number of hydrogen-bond donors (Lipinski definition) is 0. The number of fused-ring (bicyclic) bond motifs is 1. The summed E-state index contributed by atoms with van der Waals surface area (Å²) in [5, 5.41) is 0. The highest BCUT2D eigenvalue weighted by atomic mass is 32.1. The molecule has 9 heteroatoms. The van der Waals surface area contributed by atoms with E-state index in [0.29, 0.717) is 16.6 Å². The molecule has 61 heavy (non-hydrogen) atoms. The van der Waals surface area contributed by atoms with E-state index in [2.05, 4.69) is 179 Å². The largest absolute Gasteiger partial charge is 0.146 e. The zero-order chi connectivity index (χ0) is 43.6. The van der Waals surface area contributed by atoms with Gasteiger partial charge in [-0.1, -0.05) is 94.9 Å². The smallest absolute Gasteiger partial charge is 0.139 e. The van der Waals surface area contributed by atoms with E-state index in [0.717, 1.165) is 4.88 Å². The van der Waals surface area contributed by atoms with Crippen molar-refractivity contribution in [3.63, 3.8) is 0 Å². The lowest BCUT2D eigenvalue weighted by atomic mass is 9.94. The van der Waals surface area contributed by atoms with Crippen LogP contribution in [0.25, 0.3) is 69.3 Å². The summed E-state index contributed by atoms with van der Waals surface area (Å²) in [5.74, 6) is 10.0. The molecule has 8 heterocycles. The van der Waals surface area contributed by atoms with Gasteiger partial charge >= 0.3 is 0 Å². The molecule has 0 saturated heterocycles. The molecule has 314 valence electrons. The van der Waals surface area contributed by atoms with Crippen LogP contribution in [0.3, 0.4) is 0 Å². The van der Waals surface area contributed by atoms with Crippen molar-refractivity contribution in [2.75, 3.05) is 0 Å². The van der Waals surface area contributed by atoms with E-state index in [4.69, 9.17) is 0 Å². The lowest BCUT2D eigenvalue weighted by molar-refractivity contribution is 0.604. The van der Waals surface area contributed by atoms with Crippen LogP contribution in [0.4, 0.5) is 0 Å². The van der Waals surface area contributed by atoms with Crippen LogP contribution in [0, 0.1) is 23.3 Å². The zero-order valence-corrected chi connectivity index (χ0v) is 45.0. The van der Waals surface area contributed by atoms with Gasteiger partial charge in [-0.2, -0.15) is 0 Å². The molecule has 0 nitrogen and oxygen atoms in total. The Kier molecular flexibility index (Phi) is 12.7. The molecule has 0 unspecified atom stereocenters. The maximum Gasteiger partial charge on any atom is 0.146 e. The van der Waals surface area contributed by atoms with E-state index in [9.17, 15) is 0 Å². The lowest BCUT2D eigenvalue weighted by Gasteiger charge is -2.38. The van der Waals surface area contributed by atoms with Gasteiger partial charge in [-0.05, 0) is 107 Å². The first-order valence-electron chi connectivity index (χ1n) is 21.0. The van der Waals surface area contributed by atoms with Gasteiger partial charge < -0.3 is 0 Å². The quantitative estimate of drug-likeness (QED) is 0.0999. The van der Waals surface area contributed by atoms with Crippen molar-refractivity contribution >= 4 is 108 Å². The third-order valence-electron chi connectivity index (χ3n) is 11.6. The molecule has 0 N–H and O–H groups in total. The molecule has 8 aromatic heterocycles. The third kappa shape index (κ3) is 8.87. The van der Waals surface area contributed by atoms with Crippen molar-refractivity contribution < 1.29 is 0 Å². The van der Waals surface area contributed by atoms with Gasteiger partial charge in [0.25, 0.3) is 0 Å². The summed E-state index contributed by atoms with van der Waals surface area (Å²) < 4.78 is 2.79. The molecule has 0 aromatic carbocycles. The summed E-state index contributed by atoms with van der Waals surface area (Å²) >= 11 is 15.3. The van der Waals surface area contributed by atoms with Crippen molar-refractivity contribution in [1.29, 1.82) is 0 Å². The Morgan fingerprint density at radius 3 is 1.39 bits per heavy atom. The average molecular weight is 964 g/mol. The van der Waals surface area contributed by atoms with Crippen LogP contribution < -0.4 is 0 Å². The van der Waals surface area contributed by atoms with Crippen molar-refractivity contribution in [2.24, 2.45) is 0 Å². The molecule has 0 aliphatic heterocycles.